The summed E-state index contributed by atoms with van der Waals surface area (Å²) in [6.07, 6.45) is 0.518. The van der Waals surface area contributed by atoms with Crippen LogP contribution in [0.1, 0.15) is 44.9 Å². The smallest absolute Gasteiger partial charge is 0.316 e. The fourth-order valence-corrected chi connectivity index (χ4v) is 5.17. The number of nitrogens with zero attached hydrogens (tertiary/aromatic N) is 1. The summed E-state index contributed by atoms with van der Waals surface area (Å²) in [6, 6.07) is 3.78. The van der Waals surface area contributed by atoms with Crippen molar-refractivity contribution in [1.82, 2.24) is 0 Å². The fraction of sp³-hybridized carbons (Fsp3) is 0.565. The van der Waals surface area contributed by atoms with E-state index in [-0.39, 0.29) is 24.4 Å². The molecular weight excluding hydrogens is 418 g/mol. The molecule has 0 N–H and O–H groups in total. The van der Waals surface area contributed by atoms with E-state index in [1.54, 1.807) is 6.92 Å². The van der Waals surface area contributed by atoms with Crippen LogP contribution in [0.4, 0.5) is 0 Å². The summed E-state index contributed by atoms with van der Waals surface area (Å²) in [6.45, 7) is 7.89. The van der Waals surface area contributed by atoms with Gasteiger partial charge in [0.1, 0.15) is 18.4 Å². The van der Waals surface area contributed by atoms with Crippen molar-refractivity contribution in [2.24, 2.45) is 22.7 Å². The summed E-state index contributed by atoms with van der Waals surface area (Å²) in [4.78, 5) is 44.5. The van der Waals surface area contributed by atoms with Crippen molar-refractivity contribution >= 4 is 34.8 Å². The molecule has 7 nitrogen and oxygen atoms in total. The monoisotopic (exact) mass is 447 g/mol. The molecule has 0 aromatic carbocycles. The molecule has 1 aromatic heterocycles. The van der Waals surface area contributed by atoms with E-state index >= 15 is 0 Å². The van der Waals surface area contributed by atoms with Crippen LogP contribution in [0.2, 0.25) is 0 Å². The molecule has 0 radical (unpaired) electrons. The number of Topliss-reactive ketones (excluding diaryl/α,β-unsaturated/α-hetero) is 1. The second-order valence-corrected chi connectivity index (χ2v) is 9.20. The Hall–Kier alpha value is -2.32. The lowest BCUT2D eigenvalue weighted by Crippen LogP contribution is -2.43. The number of hydrogen-bond acceptors (Lipinski definition) is 8. The summed E-state index contributed by atoms with van der Waals surface area (Å²) < 4.78 is 15.8. The Balaban J connectivity index is 1.96. The first-order valence-electron chi connectivity index (χ1n) is 10.5. The Morgan fingerprint density at radius 1 is 1.23 bits per heavy atom. The van der Waals surface area contributed by atoms with Gasteiger partial charge in [-0.15, -0.1) is 11.3 Å². The number of esters is 2. The van der Waals surface area contributed by atoms with Gasteiger partial charge < -0.3 is 14.2 Å². The molecule has 3 rings (SSSR count). The molecule has 1 aliphatic heterocycles. The van der Waals surface area contributed by atoms with Gasteiger partial charge in [0.15, 0.2) is 5.78 Å². The summed E-state index contributed by atoms with van der Waals surface area (Å²) >= 11 is 1.47. The minimum Gasteiger partial charge on any atom is -0.468 e. The summed E-state index contributed by atoms with van der Waals surface area (Å²) in [5.41, 5.74) is 1.70. The molecule has 4 atom stereocenters. The van der Waals surface area contributed by atoms with Gasteiger partial charge in [0.05, 0.1) is 19.8 Å². The van der Waals surface area contributed by atoms with Crippen molar-refractivity contribution < 1.29 is 28.6 Å². The highest BCUT2D eigenvalue weighted by Crippen LogP contribution is 2.47. The number of allylic oxidation sites excluding steroid dienone is 2. The van der Waals surface area contributed by atoms with Crippen molar-refractivity contribution in [3.63, 3.8) is 0 Å². The molecule has 1 aliphatic carbocycles. The molecular formula is C23H29NO6S. The number of thiophene rings is 1. The lowest BCUT2D eigenvalue weighted by atomic mass is 9.68. The van der Waals surface area contributed by atoms with Gasteiger partial charge in [0, 0.05) is 27.8 Å². The zero-order valence-electron chi connectivity index (χ0n) is 18.5. The number of methoxy groups -OCH3 is 1. The van der Waals surface area contributed by atoms with E-state index in [0.29, 0.717) is 30.0 Å². The summed E-state index contributed by atoms with van der Waals surface area (Å²) in [5.74, 6) is -3.68. The van der Waals surface area contributed by atoms with Crippen molar-refractivity contribution in [2.45, 2.75) is 46.1 Å². The fourth-order valence-electron chi connectivity index (χ4n) is 4.29. The van der Waals surface area contributed by atoms with Gasteiger partial charge in [-0.3, -0.25) is 19.4 Å². The minimum absolute atomic E-state index is 0.0420. The zero-order chi connectivity index (χ0) is 22.7. The highest BCUT2D eigenvalue weighted by Gasteiger charge is 2.49. The largest absolute Gasteiger partial charge is 0.468 e. The van der Waals surface area contributed by atoms with E-state index < -0.39 is 29.7 Å². The molecule has 31 heavy (non-hydrogen) atoms. The first-order chi connectivity index (χ1) is 14.8. The van der Waals surface area contributed by atoms with Crippen molar-refractivity contribution in [3.05, 3.63) is 33.7 Å². The number of aliphatic imine (C=N–C) groups is 1. The van der Waals surface area contributed by atoms with Crippen LogP contribution < -0.4 is 0 Å². The maximum absolute atomic E-state index is 13.5. The van der Waals surface area contributed by atoms with Crippen LogP contribution >= 0.6 is 11.3 Å². The van der Waals surface area contributed by atoms with Crippen LogP contribution in [0.15, 0.2) is 33.8 Å². The number of carbonyl (C=O) groups is 3. The van der Waals surface area contributed by atoms with E-state index in [1.165, 1.54) is 18.4 Å². The second-order valence-electron chi connectivity index (χ2n) is 8.22. The molecule has 168 valence electrons. The predicted molar refractivity (Wildman–Crippen MR) is 117 cm³/mol. The number of hydrogen-bond donors (Lipinski definition) is 0. The van der Waals surface area contributed by atoms with Gasteiger partial charge in [0.2, 0.25) is 0 Å². The van der Waals surface area contributed by atoms with Crippen LogP contribution in [0.25, 0.3) is 0 Å². The molecule has 1 aromatic rings. The van der Waals surface area contributed by atoms with Gasteiger partial charge in [0.25, 0.3) is 0 Å². The molecule has 2 heterocycles. The van der Waals surface area contributed by atoms with Crippen LogP contribution in [-0.4, -0.2) is 49.9 Å². The van der Waals surface area contributed by atoms with Gasteiger partial charge in [-0.2, -0.15) is 0 Å². The van der Waals surface area contributed by atoms with E-state index in [0.717, 1.165) is 4.88 Å². The van der Waals surface area contributed by atoms with E-state index in [9.17, 15) is 14.4 Å². The Morgan fingerprint density at radius 2 is 1.97 bits per heavy atom. The third-order valence-corrected chi connectivity index (χ3v) is 6.64. The van der Waals surface area contributed by atoms with Crippen molar-refractivity contribution in [2.75, 3.05) is 20.3 Å². The SMILES string of the molecule is COC(=O)C1C(=O)C2=C(CC1C)N=C(C)C(C(=O)OCCOC(C)C)C2c1cccs1. The standard InChI is InChI=1S/C23H29NO6S/c1-12(2)29-8-9-30-23(27)18-14(4)24-15-11-13(3)17(22(26)28-5)21(25)19(15)20(18)16-7-6-10-31-16/h6-7,10,12-13,17-18,20H,8-9,11H2,1-5H3. The molecule has 4 unspecified atom stereocenters. The zero-order valence-corrected chi connectivity index (χ0v) is 19.4. The Morgan fingerprint density at radius 3 is 2.58 bits per heavy atom. The number of ketones is 1. The number of rotatable bonds is 7. The maximum atomic E-state index is 13.5. The lowest BCUT2D eigenvalue weighted by Gasteiger charge is -2.37. The molecule has 8 heteroatoms. The normalized spacial score (nSPS) is 25.9. The minimum atomic E-state index is -0.893. The van der Waals surface area contributed by atoms with Crippen LogP contribution in [0.5, 0.6) is 0 Å². The average Bonchev–Trinajstić information content (AvgIpc) is 3.24. The highest BCUT2D eigenvalue weighted by atomic mass is 32.1. The summed E-state index contributed by atoms with van der Waals surface area (Å²) in [7, 11) is 1.28. The predicted octanol–water partition coefficient (Wildman–Crippen LogP) is 3.54. The first kappa shape index (κ1) is 23.3. The Bertz CT molecular complexity index is 901. The number of carbonyl (C=O) groups excluding carboxylic acids is 3. The number of ether oxygens (including phenoxy) is 3. The van der Waals surface area contributed by atoms with Gasteiger partial charge >= 0.3 is 11.9 Å². The lowest BCUT2D eigenvalue weighted by molar-refractivity contribution is -0.151. The van der Waals surface area contributed by atoms with Gasteiger partial charge in [-0.25, -0.2) is 0 Å². The van der Waals surface area contributed by atoms with Gasteiger partial charge in [-0.05, 0) is 44.6 Å². The van der Waals surface area contributed by atoms with Crippen molar-refractivity contribution in [3.8, 4) is 0 Å². The van der Waals surface area contributed by atoms with E-state index in [2.05, 4.69) is 4.99 Å². The third-order valence-electron chi connectivity index (χ3n) is 5.69. The van der Waals surface area contributed by atoms with Gasteiger partial charge in [-0.1, -0.05) is 13.0 Å². The average molecular weight is 448 g/mol. The van der Waals surface area contributed by atoms with E-state index in [4.69, 9.17) is 14.2 Å². The molecule has 0 fully saturated rings. The van der Waals surface area contributed by atoms with Crippen LogP contribution in [0, 0.1) is 17.8 Å². The second kappa shape index (κ2) is 9.87. The van der Waals surface area contributed by atoms with Crippen LogP contribution in [0.3, 0.4) is 0 Å². The van der Waals surface area contributed by atoms with E-state index in [1.807, 2.05) is 38.3 Å². The van der Waals surface area contributed by atoms with Crippen molar-refractivity contribution in [1.29, 1.82) is 0 Å². The molecule has 0 amide bonds. The maximum Gasteiger partial charge on any atom is 0.316 e. The highest BCUT2D eigenvalue weighted by molar-refractivity contribution is 7.10. The molecule has 0 saturated heterocycles. The molecule has 2 aliphatic rings. The Labute approximate surface area is 186 Å². The Kier molecular flexibility index (Phi) is 7.43. The van der Waals surface area contributed by atoms with Crippen LogP contribution in [-0.2, 0) is 28.6 Å². The summed E-state index contributed by atoms with van der Waals surface area (Å²) in [5, 5.41) is 1.91. The molecule has 0 bridgehead atoms. The molecule has 0 saturated carbocycles. The third kappa shape index (κ3) is 4.80. The first-order valence-corrected chi connectivity index (χ1v) is 11.4. The topological polar surface area (TPSA) is 91.3 Å². The molecule has 0 spiro atoms. The quantitative estimate of drug-likeness (QED) is 0.361.